The molecule has 0 aliphatic rings. The van der Waals surface area contributed by atoms with Gasteiger partial charge in [0.1, 0.15) is 5.25 Å². The molecule has 0 aromatic heterocycles. The van der Waals surface area contributed by atoms with Gasteiger partial charge in [-0.1, -0.05) is 18.5 Å². The Bertz CT molecular complexity index is 525. The van der Waals surface area contributed by atoms with E-state index in [0.717, 1.165) is 12.0 Å². The van der Waals surface area contributed by atoms with E-state index in [1.165, 1.54) is 4.90 Å². The number of primary amides is 1. The number of carbonyl (C=O) groups is 2. The third-order valence-electron chi connectivity index (χ3n) is 2.53. The van der Waals surface area contributed by atoms with Crippen LogP contribution in [0.2, 0.25) is 5.02 Å². The normalized spacial score (nSPS) is 11.6. The predicted molar refractivity (Wildman–Crippen MR) is 85.7 cm³/mol. The number of urea groups is 1. The Morgan fingerprint density at radius 2 is 2.14 bits per heavy atom. The lowest BCUT2D eigenvalue weighted by Crippen LogP contribution is -2.27. The summed E-state index contributed by atoms with van der Waals surface area (Å²) in [6.45, 7) is 1.84. The van der Waals surface area contributed by atoms with Crippen molar-refractivity contribution in [2.45, 2.75) is 18.6 Å². The predicted octanol–water partition coefficient (Wildman–Crippen LogP) is 2.72. The molecule has 0 saturated heterocycles. The van der Waals surface area contributed by atoms with Gasteiger partial charge in [-0.3, -0.25) is 4.79 Å². The van der Waals surface area contributed by atoms with Gasteiger partial charge in [0.05, 0.1) is 17.1 Å². The standard InChI is InChI=1S/C13H18ClN3O3S/c1-4-11(12(15)18)21-20-10-6-5-8(7-9(10)14)16-13(19)17(2)3/h5-7,11H,4H2,1-3H3,(H2,15,18)(H,16,19). The molecule has 0 aliphatic heterocycles. The minimum atomic E-state index is -0.437. The van der Waals surface area contributed by atoms with Gasteiger partial charge in [-0.05, 0) is 24.6 Å². The first-order valence-electron chi connectivity index (χ1n) is 6.25. The van der Waals surface area contributed by atoms with E-state index in [9.17, 15) is 9.59 Å². The van der Waals surface area contributed by atoms with E-state index in [-0.39, 0.29) is 6.03 Å². The molecule has 0 heterocycles. The van der Waals surface area contributed by atoms with Crippen molar-refractivity contribution in [3.63, 3.8) is 0 Å². The Morgan fingerprint density at radius 1 is 1.48 bits per heavy atom. The Hall–Kier alpha value is -1.60. The van der Waals surface area contributed by atoms with Crippen LogP contribution in [0.3, 0.4) is 0 Å². The molecule has 3 amide bonds. The lowest BCUT2D eigenvalue weighted by atomic mass is 10.3. The van der Waals surface area contributed by atoms with E-state index in [0.29, 0.717) is 22.9 Å². The second kappa shape index (κ2) is 7.99. The molecule has 0 radical (unpaired) electrons. The number of anilines is 1. The number of halogens is 1. The molecule has 0 saturated carbocycles. The van der Waals surface area contributed by atoms with Gasteiger partial charge in [-0.25, -0.2) is 4.79 Å². The number of hydrogen-bond donors (Lipinski definition) is 2. The maximum Gasteiger partial charge on any atom is 0.321 e. The van der Waals surface area contributed by atoms with Crippen LogP contribution >= 0.6 is 23.6 Å². The van der Waals surface area contributed by atoms with Crippen LogP contribution in [0, 0.1) is 0 Å². The van der Waals surface area contributed by atoms with Crippen molar-refractivity contribution in [3.05, 3.63) is 23.2 Å². The summed E-state index contributed by atoms with van der Waals surface area (Å²) in [6, 6.07) is 4.60. The van der Waals surface area contributed by atoms with Crippen molar-refractivity contribution in [1.29, 1.82) is 0 Å². The van der Waals surface area contributed by atoms with Crippen LogP contribution in [0.15, 0.2) is 18.2 Å². The fraction of sp³-hybridized carbons (Fsp3) is 0.385. The third kappa shape index (κ3) is 5.35. The SMILES string of the molecule is CCC(SOc1ccc(NC(=O)N(C)C)cc1Cl)C(N)=O. The molecule has 1 unspecified atom stereocenters. The molecule has 3 N–H and O–H groups in total. The number of hydrogen-bond acceptors (Lipinski definition) is 4. The summed E-state index contributed by atoms with van der Waals surface area (Å²) in [4.78, 5) is 24.0. The molecular weight excluding hydrogens is 314 g/mol. The fourth-order valence-corrected chi connectivity index (χ4v) is 2.17. The summed E-state index contributed by atoms with van der Waals surface area (Å²) in [5.41, 5.74) is 5.79. The molecule has 21 heavy (non-hydrogen) atoms. The fourth-order valence-electron chi connectivity index (χ4n) is 1.31. The van der Waals surface area contributed by atoms with E-state index >= 15 is 0 Å². The molecular formula is C13H18ClN3O3S. The molecule has 1 atom stereocenters. The summed E-state index contributed by atoms with van der Waals surface area (Å²) < 4.78 is 5.42. The smallest absolute Gasteiger partial charge is 0.321 e. The molecule has 6 nitrogen and oxygen atoms in total. The van der Waals surface area contributed by atoms with E-state index in [1.807, 2.05) is 6.92 Å². The van der Waals surface area contributed by atoms with Gasteiger partial charge in [-0.2, -0.15) is 0 Å². The molecule has 0 aliphatic carbocycles. The molecule has 0 spiro atoms. The first-order valence-corrected chi connectivity index (χ1v) is 7.44. The summed E-state index contributed by atoms with van der Waals surface area (Å²) in [7, 11) is 3.28. The van der Waals surface area contributed by atoms with Gasteiger partial charge in [0, 0.05) is 19.8 Å². The number of benzene rings is 1. The zero-order chi connectivity index (χ0) is 16.0. The van der Waals surface area contributed by atoms with Gasteiger partial charge < -0.3 is 20.1 Å². The summed E-state index contributed by atoms with van der Waals surface area (Å²) in [5, 5.41) is 2.57. The van der Waals surface area contributed by atoms with E-state index in [1.54, 1.807) is 32.3 Å². The molecule has 0 fully saturated rings. The lowest BCUT2D eigenvalue weighted by Gasteiger charge is -2.14. The van der Waals surface area contributed by atoms with Crippen LogP contribution in [0.25, 0.3) is 0 Å². The first-order chi connectivity index (χ1) is 9.85. The number of rotatable bonds is 6. The molecule has 8 heteroatoms. The van der Waals surface area contributed by atoms with Gasteiger partial charge in [0.25, 0.3) is 0 Å². The van der Waals surface area contributed by atoms with Crippen LogP contribution in [0.4, 0.5) is 10.5 Å². The largest absolute Gasteiger partial charge is 0.423 e. The maximum atomic E-state index is 11.5. The highest BCUT2D eigenvalue weighted by molar-refractivity contribution is 7.96. The second-order valence-electron chi connectivity index (χ2n) is 4.45. The summed E-state index contributed by atoms with van der Waals surface area (Å²) >= 11 is 7.05. The Balaban J connectivity index is 2.70. The first kappa shape index (κ1) is 17.5. The van der Waals surface area contributed by atoms with E-state index in [4.69, 9.17) is 21.5 Å². The van der Waals surface area contributed by atoms with Crippen molar-refractivity contribution < 1.29 is 13.8 Å². The van der Waals surface area contributed by atoms with Crippen molar-refractivity contribution in [1.82, 2.24) is 4.90 Å². The zero-order valence-corrected chi connectivity index (χ0v) is 13.6. The number of nitrogens with zero attached hydrogens (tertiary/aromatic N) is 1. The second-order valence-corrected chi connectivity index (χ2v) is 5.78. The topological polar surface area (TPSA) is 84.7 Å². The minimum Gasteiger partial charge on any atom is -0.423 e. The van der Waals surface area contributed by atoms with Crippen LogP contribution < -0.4 is 15.2 Å². The third-order valence-corrected chi connectivity index (χ3v) is 3.90. The Kier molecular flexibility index (Phi) is 6.64. The number of nitrogens with one attached hydrogen (secondary N) is 1. The molecule has 1 aromatic rings. The number of amides is 3. The van der Waals surface area contributed by atoms with Crippen molar-refractivity contribution in [2.24, 2.45) is 5.73 Å². The highest BCUT2D eigenvalue weighted by atomic mass is 35.5. The minimum absolute atomic E-state index is 0.256. The van der Waals surface area contributed by atoms with Crippen LogP contribution in [-0.2, 0) is 4.79 Å². The average Bonchev–Trinajstić information content (AvgIpc) is 2.41. The van der Waals surface area contributed by atoms with E-state index < -0.39 is 11.2 Å². The highest BCUT2D eigenvalue weighted by Gasteiger charge is 2.16. The molecule has 1 aromatic carbocycles. The quantitative estimate of drug-likeness (QED) is 0.785. The molecule has 1 rings (SSSR count). The average molecular weight is 332 g/mol. The highest BCUT2D eigenvalue weighted by Crippen LogP contribution is 2.31. The van der Waals surface area contributed by atoms with Gasteiger partial charge in [0.2, 0.25) is 5.91 Å². The van der Waals surface area contributed by atoms with Crippen LogP contribution in [-0.4, -0.2) is 36.2 Å². The van der Waals surface area contributed by atoms with Crippen molar-refractivity contribution >= 4 is 41.3 Å². The molecule has 116 valence electrons. The monoisotopic (exact) mass is 331 g/mol. The Morgan fingerprint density at radius 3 is 2.62 bits per heavy atom. The van der Waals surface area contributed by atoms with Crippen molar-refractivity contribution in [2.75, 3.05) is 19.4 Å². The maximum absolute atomic E-state index is 11.5. The van der Waals surface area contributed by atoms with Gasteiger partial charge >= 0.3 is 6.03 Å². The van der Waals surface area contributed by atoms with E-state index in [2.05, 4.69) is 5.32 Å². The lowest BCUT2D eigenvalue weighted by molar-refractivity contribution is -0.117. The van der Waals surface area contributed by atoms with Crippen LogP contribution in [0.1, 0.15) is 13.3 Å². The summed E-state index contributed by atoms with van der Waals surface area (Å²) in [5.74, 6) is -0.0299. The zero-order valence-electron chi connectivity index (χ0n) is 12.1. The number of carbonyl (C=O) groups excluding carboxylic acids is 2. The van der Waals surface area contributed by atoms with Crippen LogP contribution in [0.5, 0.6) is 5.75 Å². The van der Waals surface area contributed by atoms with Crippen molar-refractivity contribution in [3.8, 4) is 5.75 Å². The van der Waals surface area contributed by atoms with Gasteiger partial charge in [0.15, 0.2) is 5.75 Å². The molecule has 0 bridgehead atoms. The van der Waals surface area contributed by atoms with Gasteiger partial charge in [-0.15, -0.1) is 0 Å². The summed E-state index contributed by atoms with van der Waals surface area (Å²) in [6.07, 6.45) is 0.564. The number of nitrogens with two attached hydrogens (primary N) is 1. The Labute approximate surface area is 133 Å².